The number of hydrogen-bond acceptors (Lipinski definition) is 3. The van der Waals surface area contributed by atoms with E-state index in [1.54, 1.807) is 23.0 Å². The molecule has 27 heavy (non-hydrogen) atoms. The molecule has 0 atom stereocenters. The minimum absolute atomic E-state index is 0. The summed E-state index contributed by atoms with van der Waals surface area (Å²) in [6.45, 7) is 4.65. The van der Waals surface area contributed by atoms with Crippen LogP contribution in [-0.4, -0.2) is 47.3 Å². The minimum atomic E-state index is -0.281. The summed E-state index contributed by atoms with van der Waals surface area (Å²) in [4.78, 5) is 14.9. The quantitative estimate of drug-likeness (QED) is 0.816. The van der Waals surface area contributed by atoms with Crippen LogP contribution < -0.4 is 5.32 Å². The molecule has 1 N–H and O–H groups in total. The molecule has 1 aliphatic heterocycles. The summed E-state index contributed by atoms with van der Waals surface area (Å²) < 4.78 is 14.9. The molecular weight excluding hydrogens is 367 g/mol. The van der Waals surface area contributed by atoms with Gasteiger partial charge in [0, 0.05) is 13.1 Å². The lowest BCUT2D eigenvalue weighted by atomic mass is 9.93. The zero-order chi connectivity index (χ0) is 18.5. The van der Waals surface area contributed by atoms with Crippen molar-refractivity contribution in [2.75, 3.05) is 26.7 Å². The third-order valence-corrected chi connectivity index (χ3v) is 5.21. The molecule has 0 radical (unpaired) electrons. The van der Waals surface area contributed by atoms with Gasteiger partial charge in [-0.2, -0.15) is 5.10 Å². The molecule has 1 aliphatic rings. The van der Waals surface area contributed by atoms with Crippen molar-refractivity contribution in [1.82, 2.24) is 20.0 Å². The van der Waals surface area contributed by atoms with Crippen molar-refractivity contribution in [3.05, 3.63) is 47.5 Å². The van der Waals surface area contributed by atoms with Crippen molar-refractivity contribution < 1.29 is 9.18 Å². The number of aromatic nitrogens is 2. The van der Waals surface area contributed by atoms with Gasteiger partial charge in [-0.3, -0.25) is 4.79 Å². The number of amides is 1. The largest absolute Gasteiger partial charge is 0.339 e. The van der Waals surface area contributed by atoms with E-state index in [9.17, 15) is 9.18 Å². The van der Waals surface area contributed by atoms with Gasteiger partial charge in [0.1, 0.15) is 5.82 Å². The Bertz CT molecular complexity index is 739. The first-order valence-electron chi connectivity index (χ1n) is 9.40. The van der Waals surface area contributed by atoms with E-state index >= 15 is 0 Å². The Labute approximate surface area is 166 Å². The molecule has 148 valence electrons. The second kappa shape index (κ2) is 9.85. The zero-order valence-electron chi connectivity index (χ0n) is 15.9. The van der Waals surface area contributed by atoms with Crippen molar-refractivity contribution in [3.8, 4) is 5.69 Å². The maximum atomic E-state index is 13.2. The number of halogens is 2. The summed E-state index contributed by atoms with van der Waals surface area (Å²) in [6.07, 6.45) is 5.62. The lowest BCUT2D eigenvalue weighted by molar-refractivity contribution is 0.0686. The van der Waals surface area contributed by atoms with E-state index in [-0.39, 0.29) is 24.1 Å². The molecule has 5 nitrogen and oxygen atoms in total. The smallest absolute Gasteiger partial charge is 0.257 e. The van der Waals surface area contributed by atoms with Gasteiger partial charge in [-0.25, -0.2) is 9.07 Å². The molecular formula is C20H28ClFN4O. The van der Waals surface area contributed by atoms with Crippen molar-refractivity contribution in [2.24, 2.45) is 5.92 Å². The number of rotatable bonds is 6. The number of carbonyl (C=O) groups excluding carboxylic acids is 1. The lowest BCUT2D eigenvalue weighted by Crippen LogP contribution is -2.39. The summed E-state index contributed by atoms with van der Waals surface area (Å²) >= 11 is 0. The Morgan fingerprint density at radius 2 is 1.93 bits per heavy atom. The first-order chi connectivity index (χ1) is 12.6. The van der Waals surface area contributed by atoms with Gasteiger partial charge >= 0.3 is 0 Å². The molecule has 1 amide bonds. The average molecular weight is 395 g/mol. The van der Waals surface area contributed by atoms with Crippen molar-refractivity contribution in [3.63, 3.8) is 0 Å². The Morgan fingerprint density at radius 3 is 2.52 bits per heavy atom. The maximum Gasteiger partial charge on any atom is 0.257 e. The highest BCUT2D eigenvalue weighted by atomic mass is 35.5. The molecule has 1 aromatic carbocycles. The SMILES string of the molecule is CCc1c(C(=O)N2CCC(CCNC)CC2)cnn1-c1ccc(F)cc1.Cl. The van der Waals surface area contributed by atoms with Gasteiger partial charge < -0.3 is 10.2 Å². The Morgan fingerprint density at radius 1 is 1.26 bits per heavy atom. The van der Waals surface area contributed by atoms with Crippen LogP contribution >= 0.6 is 12.4 Å². The van der Waals surface area contributed by atoms with E-state index in [2.05, 4.69) is 10.4 Å². The van der Waals surface area contributed by atoms with Gasteiger partial charge in [-0.05, 0) is 69.5 Å². The number of hydrogen-bond donors (Lipinski definition) is 1. The predicted octanol–water partition coefficient (Wildman–Crippen LogP) is 3.46. The van der Waals surface area contributed by atoms with E-state index in [0.717, 1.165) is 43.9 Å². The fraction of sp³-hybridized carbons (Fsp3) is 0.500. The van der Waals surface area contributed by atoms with E-state index < -0.39 is 0 Å². The molecule has 1 aromatic heterocycles. The first-order valence-corrected chi connectivity index (χ1v) is 9.40. The molecule has 2 aromatic rings. The summed E-state index contributed by atoms with van der Waals surface area (Å²) in [7, 11) is 1.98. The maximum absolute atomic E-state index is 13.2. The zero-order valence-corrected chi connectivity index (χ0v) is 16.8. The average Bonchev–Trinajstić information content (AvgIpc) is 3.10. The van der Waals surface area contributed by atoms with E-state index in [1.807, 2.05) is 18.9 Å². The molecule has 3 rings (SSSR count). The van der Waals surface area contributed by atoms with Gasteiger partial charge in [-0.1, -0.05) is 6.92 Å². The summed E-state index contributed by atoms with van der Waals surface area (Å²) in [6, 6.07) is 6.19. The van der Waals surface area contributed by atoms with Crippen LogP contribution in [0.4, 0.5) is 4.39 Å². The standard InChI is InChI=1S/C20H27FN4O.ClH/c1-3-19-18(14-23-25(19)17-6-4-16(21)5-7-17)20(26)24-12-9-15(10-13-24)8-11-22-2;/h4-7,14-15,22H,3,8-13H2,1-2H3;1H. The molecule has 0 aliphatic carbocycles. The molecule has 0 bridgehead atoms. The van der Waals surface area contributed by atoms with Crippen molar-refractivity contribution in [1.29, 1.82) is 0 Å². The summed E-state index contributed by atoms with van der Waals surface area (Å²) in [5, 5.41) is 7.59. The van der Waals surface area contributed by atoms with Crippen molar-refractivity contribution >= 4 is 18.3 Å². The Kier molecular flexibility index (Phi) is 7.80. The van der Waals surface area contributed by atoms with E-state index in [1.165, 1.54) is 18.6 Å². The van der Waals surface area contributed by atoms with Crippen LogP contribution in [0, 0.1) is 11.7 Å². The van der Waals surface area contributed by atoms with Crippen LogP contribution in [0.5, 0.6) is 0 Å². The van der Waals surface area contributed by atoms with Gasteiger partial charge in [0.25, 0.3) is 5.91 Å². The van der Waals surface area contributed by atoms with Crippen LogP contribution in [0.15, 0.2) is 30.5 Å². The highest BCUT2D eigenvalue weighted by Crippen LogP contribution is 2.23. The van der Waals surface area contributed by atoms with Gasteiger partial charge in [-0.15, -0.1) is 12.4 Å². The minimum Gasteiger partial charge on any atom is -0.339 e. The van der Waals surface area contributed by atoms with Crippen LogP contribution in [0.3, 0.4) is 0 Å². The second-order valence-electron chi connectivity index (χ2n) is 6.87. The predicted molar refractivity (Wildman–Crippen MR) is 107 cm³/mol. The third-order valence-electron chi connectivity index (χ3n) is 5.21. The van der Waals surface area contributed by atoms with Crippen LogP contribution in [0.25, 0.3) is 5.69 Å². The first kappa shape index (κ1) is 21.4. The molecule has 0 saturated carbocycles. The number of likely N-dealkylation sites (tertiary alicyclic amines) is 1. The summed E-state index contributed by atoms with van der Waals surface area (Å²) in [5.74, 6) is 0.470. The van der Waals surface area contributed by atoms with Gasteiger partial charge in [0.2, 0.25) is 0 Å². The van der Waals surface area contributed by atoms with Crippen molar-refractivity contribution in [2.45, 2.75) is 32.6 Å². The summed E-state index contributed by atoms with van der Waals surface area (Å²) in [5.41, 5.74) is 2.30. The molecule has 2 heterocycles. The monoisotopic (exact) mass is 394 g/mol. The fourth-order valence-electron chi connectivity index (χ4n) is 3.64. The van der Waals surface area contributed by atoms with E-state index in [4.69, 9.17) is 0 Å². The lowest BCUT2D eigenvalue weighted by Gasteiger charge is -2.32. The van der Waals surface area contributed by atoms with Crippen LogP contribution in [-0.2, 0) is 6.42 Å². The molecule has 0 spiro atoms. The molecule has 1 fully saturated rings. The molecule has 0 unspecified atom stereocenters. The number of piperidine rings is 1. The molecule has 1 saturated heterocycles. The second-order valence-corrected chi connectivity index (χ2v) is 6.87. The number of nitrogens with one attached hydrogen (secondary N) is 1. The van der Waals surface area contributed by atoms with E-state index in [0.29, 0.717) is 17.9 Å². The Hall–Kier alpha value is -1.92. The normalized spacial score (nSPS) is 14.9. The van der Waals surface area contributed by atoms with Crippen LogP contribution in [0.1, 0.15) is 42.2 Å². The van der Waals surface area contributed by atoms with Gasteiger partial charge in [0.05, 0.1) is 23.1 Å². The third kappa shape index (κ3) is 4.87. The fourth-order valence-corrected chi connectivity index (χ4v) is 3.64. The highest BCUT2D eigenvalue weighted by Gasteiger charge is 2.26. The topological polar surface area (TPSA) is 50.2 Å². The number of carbonyl (C=O) groups is 1. The van der Waals surface area contributed by atoms with Gasteiger partial charge in [0.15, 0.2) is 0 Å². The highest BCUT2D eigenvalue weighted by molar-refractivity contribution is 5.95. The molecule has 7 heteroatoms. The Balaban J connectivity index is 0.00000261. The number of benzene rings is 1. The van der Waals surface area contributed by atoms with Crippen LogP contribution in [0.2, 0.25) is 0 Å². The number of nitrogens with zero attached hydrogens (tertiary/aromatic N) is 3.